The van der Waals surface area contributed by atoms with E-state index in [2.05, 4.69) is 61.1 Å². The number of nitrogens with one attached hydrogen (secondary N) is 1. The van der Waals surface area contributed by atoms with Crippen LogP contribution in [0.1, 0.15) is 52.0 Å². The van der Waals surface area contributed by atoms with Gasteiger partial charge in [-0.1, -0.05) is 32.9 Å². The predicted molar refractivity (Wildman–Crippen MR) is 115 cm³/mol. The van der Waals surface area contributed by atoms with E-state index in [4.69, 9.17) is 5.73 Å². The van der Waals surface area contributed by atoms with E-state index < -0.39 is 0 Å². The summed E-state index contributed by atoms with van der Waals surface area (Å²) < 4.78 is 0. The van der Waals surface area contributed by atoms with Gasteiger partial charge in [0.05, 0.1) is 6.54 Å². The third kappa shape index (κ3) is 6.59. The van der Waals surface area contributed by atoms with Crippen LogP contribution in [0.4, 0.5) is 5.69 Å². The molecule has 0 amide bonds. The first kappa shape index (κ1) is 21.2. The molecule has 1 aromatic carbocycles. The Hall–Kier alpha value is -0.820. The topological polar surface area (TPSA) is 53.6 Å². The van der Waals surface area contributed by atoms with Crippen LogP contribution in [0.3, 0.4) is 0 Å². The van der Waals surface area contributed by atoms with Crippen molar-refractivity contribution in [2.45, 2.75) is 52.5 Å². The summed E-state index contributed by atoms with van der Waals surface area (Å²) in [7, 11) is 0. The summed E-state index contributed by atoms with van der Waals surface area (Å²) in [5, 5.41) is 3.21. The first-order chi connectivity index (χ1) is 11.0. The third-order valence-corrected chi connectivity index (χ3v) is 4.79. The van der Waals surface area contributed by atoms with Crippen molar-refractivity contribution >= 4 is 35.6 Å². The van der Waals surface area contributed by atoms with Crippen molar-refractivity contribution < 1.29 is 0 Å². The van der Waals surface area contributed by atoms with Gasteiger partial charge < -0.3 is 11.1 Å². The van der Waals surface area contributed by atoms with Gasteiger partial charge in [0.2, 0.25) is 0 Å². The normalized spacial score (nSPS) is 18.3. The fourth-order valence-electron chi connectivity index (χ4n) is 2.98. The lowest BCUT2D eigenvalue weighted by Crippen LogP contribution is -2.41. The van der Waals surface area contributed by atoms with Crippen LogP contribution in [-0.2, 0) is 0 Å². The maximum absolute atomic E-state index is 6.05. The minimum atomic E-state index is 0. The lowest BCUT2D eigenvalue weighted by molar-refractivity contribution is 0.150. The molecule has 1 aromatic rings. The molecule has 0 saturated carbocycles. The fourth-order valence-corrected chi connectivity index (χ4v) is 2.98. The van der Waals surface area contributed by atoms with Crippen LogP contribution in [0.5, 0.6) is 0 Å². The molecule has 4 nitrogen and oxygen atoms in total. The molecule has 0 aliphatic carbocycles. The summed E-state index contributed by atoms with van der Waals surface area (Å²) in [6.45, 7) is 12.1. The molecule has 1 aliphatic rings. The van der Waals surface area contributed by atoms with Crippen LogP contribution >= 0.6 is 24.0 Å². The van der Waals surface area contributed by atoms with Gasteiger partial charge in [-0.05, 0) is 62.4 Å². The van der Waals surface area contributed by atoms with Gasteiger partial charge in [-0.2, -0.15) is 0 Å². The van der Waals surface area contributed by atoms with Crippen molar-refractivity contribution in [3.63, 3.8) is 0 Å². The number of hydrogen-bond acceptors (Lipinski definition) is 2. The molecular weight excluding hydrogens is 411 g/mol. The average Bonchev–Trinajstić information content (AvgIpc) is 2.53. The van der Waals surface area contributed by atoms with Crippen LogP contribution in [0.15, 0.2) is 29.3 Å². The van der Waals surface area contributed by atoms with Gasteiger partial charge in [0.15, 0.2) is 5.96 Å². The Balaban J connectivity index is 0.00000288. The van der Waals surface area contributed by atoms with E-state index in [0.717, 1.165) is 18.2 Å². The minimum Gasteiger partial charge on any atom is -0.370 e. The number of rotatable bonds is 5. The number of benzene rings is 1. The summed E-state index contributed by atoms with van der Waals surface area (Å²) in [5.74, 6) is 1.88. The van der Waals surface area contributed by atoms with E-state index >= 15 is 0 Å². The van der Waals surface area contributed by atoms with Gasteiger partial charge in [0, 0.05) is 11.7 Å². The number of halogens is 1. The Labute approximate surface area is 164 Å². The van der Waals surface area contributed by atoms with Gasteiger partial charge in [0.1, 0.15) is 0 Å². The quantitative estimate of drug-likeness (QED) is 0.405. The zero-order valence-corrected chi connectivity index (χ0v) is 17.8. The number of likely N-dealkylation sites (tertiary alicyclic amines) is 1. The lowest BCUT2D eigenvalue weighted by atomic mass is 9.98. The van der Waals surface area contributed by atoms with Crippen LogP contribution in [0.25, 0.3) is 0 Å². The van der Waals surface area contributed by atoms with Crippen molar-refractivity contribution in [2.24, 2.45) is 16.6 Å². The molecule has 1 fully saturated rings. The second-order valence-corrected chi connectivity index (χ2v) is 7.20. The van der Waals surface area contributed by atoms with Crippen LogP contribution in [-0.4, -0.2) is 36.5 Å². The van der Waals surface area contributed by atoms with E-state index in [1.165, 1.54) is 31.5 Å². The summed E-state index contributed by atoms with van der Waals surface area (Å²) >= 11 is 0. The zero-order chi connectivity index (χ0) is 16.8. The number of aliphatic imine (C=N–C) groups is 1. The number of nitrogens with zero attached hydrogens (tertiary/aromatic N) is 2. The number of piperidine rings is 1. The number of nitrogens with two attached hydrogens (primary N) is 1. The molecule has 2 rings (SSSR count). The van der Waals surface area contributed by atoms with E-state index in [0.29, 0.717) is 17.9 Å². The molecule has 136 valence electrons. The van der Waals surface area contributed by atoms with Gasteiger partial charge in [0.25, 0.3) is 0 Å². The highest BCUT2D eigenvalue weighted by Crippen LogP contribution is 2.19. The van der Waals surface area contributed by atoms with Gasteiger partial charge in [-0.15, -0.1) is 24.0 Å². The summed E-state index contributed by atoms with van der Waals surface area (Å²) in [6.07, 6.45) is 2.59. The number of guanidine groups is 1. The monoisotopic (exact) mass is 444 g/mol. The van der Waals surface area contributed by atoms with Crippen LogP contribution < -0.4 is 11.1 Å². The average molecular weight is 444 g/mol. The number of hydrogen-bond donors (Lipinski definition) is 2. The Morgan fingerprint density at radius 3 is 2.58 bits per heavy atom. The Morgan fingerprint density at radius 2 is 1.96 bits per heavy atom. The second-order valence-electron chi connectivity index (χ2n) is 7.20. The highest BCUT2D eigenvalue weighted by atomic mass is 127. The van der Waals surface area contributed by atoms with Gasteiger partial charge in [-0.3, -0.25) is 9.89 Å². The van der Waals surface area contributed by atoms with E-state index in [1.807, 2.05) is 6.07 Å². The third-order valence-electron chi connectivity index (χ3n) is 4.79. The Kier molecular flexibility index (Phi) is 9.05. The number of anilines is 1. The van der Waals surface area contributed by atoms with Crippen LogP contribution in [0.2, 0.25) is 0 Å². The summed E-state index contributed by atoms with van der Waals surface area (Å²) in [4.78, 5) is 7.05. The maximum atomic E-state index is 6.05. The first-order valence-corrected chi connectivity index (χ1v) is 8.86. The fraction of sp³-hybridized carbons (Fsp3) is 0.632. The standard InChI is InChI=1S/C19H32N4.HI/c1-14(2)17-6-5-7-18(12-17)22-19(20)21-13-16(4)23-10-8-15(3)9-11-23;/h5-7,12,14-16H,8-11,13H2,1-4H3,(H3,20,21,22);1H. The first-order valence-electron chi connectivity index (χ1n) is 8.86. The summed E-state index contributed by atoms with van der Waals surface area (Å²) in [6, 6.07) is 8.82. The molecule has 1 atom stereocenters. The molecule has 5 heteroatoms. The lowest BCUT2D eigenvalue weighted by Gasteiger charge is -2.34. The molecule has 24 heavy (non-hydrogen) atoms. The molecular formula is C19H33IN4. The highest BCUT2D eigenvalue weighted by molar-refractivity contribution is 14.0. The SMILES string of the molecule is CC1CCN(C(C)CN=C(N)Nc2cccc(C(C)C)c2)CC1.I. The van der Waals surface area contributed by atoms with Crippen molar-refractivity contribution in [1.82, 2.24) is 4.90 Å². The van der Waals surface area contributed by atoms with Gasteiger partial charge in [-0.25, -0.2) is 0 Å². The molecule has 3 N–H and O–H groups in total. The van der Waals surface area contributed by atoms with Crippen LogP contribution in [0, 0.1) is 5.92 Å². The van der Waals surface area contributed by atoms with E-state index in [9.17, 15) is 0 Å². The smallest absolute Gasteiger partial charge is 0.193 e. The molecule has 0 spiro atoms. The van der Waals surface area contributed by atoms with Crippen molar-refractivity contribution in [3.8, 4) is 0 Å². The van der Waals surface area contributed by atoms with E-state index in [-0.39, 0.29) is 24.0 Å². The molecule has 1 heterocycles. The molecule has 0 aromatic heterocycles. The second kappa shape index (κ2) is 10.2. The molecule has 1 saturated heterocycles. The minimum absolute atomic E-state index is 0. The van der Waals surface area contributed by atoms with Crippen molar-refractivity contribution in [1.29, 1.82) is 0 Å². The Morgan fingerprint density at radius 1 is 1.29 bits per heavy atom. The zero-order valence-electron chi connectivity index (χ0n) is 15.5. The molecule has 0 bridgehead atoms. The largest absolute Gasteiger partial charge is 0.370 e. The highest BCUT2D eigenvalue weighted by Gasteiger charge is 2.19. The van der Waals surface area contributed by atoms with Gasteiger partial charge >= 0.3 is 0 Å². The molecule has 1 unspecified atom stereocenters. The Bertz CT molecular complexity index is 522. The molecule has 1 aliphatic heterocycles. The maximum Gasteiger partial charge on any atom is 0.193 e. The van der Waals surface area contributed by atoms with E-state index in [1.54, 1.807) is 0 Å². The van der Waals surface area contributed by atoms with Crippen molar-refractivity contribution in [3.05, 3.63) is 29.8 Å². The molecule has 0 radical (unpaired) electrons. The predicted octanol–water partition coefficient (Wildman–Crippen LogP) is 4.28. The summed E-state index contributed by atoms with van der Waals surface area (Å²) in [5.41, 5.74) is 8.37. The van der Waals surface area contributed by atoms with Crippen molar-refractivity contribution in [2.75, 3.05) is 25.0 Å².